The summed E-state index contributed by atoms with van der Waals surface area (Å²) in [5.41, 5.74) is 17.7. The number of benzene rings is 12. The second-order valence-electron chi connectivity index (χ2n) is 24.4. The molecule has 5 aromatic heterocycles. The molecule has 0 saturated carbocycles. The van der Waals surface area contributed by atoms with Crippen LogP contribution in [-0.4, -0.2) is 34.9 Å². The molecule has 5 heterocycles. The Balaban J connectivity index is 0.722. The van der Waals surface area contributed by atoms with E-state index in [-0.39, 0.29) is 5.41 Å². The fraction of sp³-hybridized carbons (Fsp3) is 0.0357. The van der Waals surface area contributed by atoms with E-state index in [4.69, 9.17) is 29.9 Å². The summed E-state index contributed by atoms with van der Waals surface area (Å²) in [7, 11) is 0. The molecule has 7 heteroatoms. The first kappa shape index (κ1) is 52.2. The van der Waals surface area contributed by atoms with Gasteiger partial charge >= 0.3 is 0 Å². The molecular formula is C84H53N7. The molecule has 91 heavy (non-hydrogen) atoms. The second-order valence-corrected chi connectivity index (χ2v) is 24.4. The molecule has 0 aliphatic heterocycles. The molecule has 0 atom stereocenters. The Morgan fingerprint density at radius 3 is 1.33 bits per heavy atom. The Kier molecular flexibility index (Phi) is 11.8. The van der Waals surface area contributed by atoms with Gasteiger partial charge in [0.05, 0.1) is 11.4 Å². The van der Waals surface area contributed by atoms with E-state index in [1.807, 2.05) is 49.1 Å². The molecule has 0 spiro atoms. The van der Waals surface area contributed by atoms with Crippen LogP contribution in [0.4, 0.5) is 0 Å². The summed E-state index contributed by atoms with van der Waals surface area (Å²) >= 11 is 0. The lowest BCUT2D eigenvalue weighted by Crippen LogP contribution is -2.22. The number of hydrogen-bond acceptors (Lipinski definition) is 7. The van der Waals surface area contributed by atoms with Crippen molar-refractivity contribution in [3.05, 3.63) is 297 Å². The van der Waals surface area contributed by atoms with Gasteiger partial charge in [-0.25, -0.2) is 15.0 Å². The molecule has 0 bridgehead atoms. The van der Waals surface area contributed by atoms with Crippen LogP contribution in [-0.2, 0) is 5.41 Å². The lowest BCUT2D eigenvalue weighted by molar-refractivity contribution is 0.652. The van der Waals surface area contributed by atoms with Crippen molar-refractivity contribution in [2.45, 2.75) is 19.3 Å². The smallest absolute Gasteiger partial charge is 0.182 e. The number of rotatable bonds is 9. The van der Waals surface area contributed by atoms with Crippen LogP contribution in [0.2, 0.25) is 0 Å². The van der Waals surface area contributed by atoms with Gasteiger partial charge in [-0.15, -0.1) is 0 Å². The van der Waals surface area contributed by atoms with Crippen molar-refractivity contribution in [2.24, 2.45) is 0 Å². The van der Waals surface area contributed by atoms with Gasteiger partial charge in [-0.05, 0) is 151 Å². The van der Waals surface area contributed by atoms with Crippen LogP contribution >= 0.6 is 0 Å². The predicted molar refractivity (Wildman–Crippen MR) is 375 cm³/mol. The van der Waals surface area contributed by atoms with Crippen molar-refractivity contribution in [2.75, 3.05) is 0 Å². The molecule has 0 unspecified atom stereocenters. The van der Waals surface area contributed by atoms with Crippen LogP contribution in [0, 0.1) is 0 Å². The van der Waals surface area contributed by atoms with Crippen LogP contribution in [0.3, 0.4) is 0 Å². The fourth-order valence-corrected chi connectivity index (χ4v) is 14.4. The average molecular weight is 1160 g/mol. The lowest BCUT2D eigenvalue weighted by atomic mass is 9.68. The van der Waals surface area contributed by atoms with Crippen LogP contribution in [0.1, 0.15) is 25.0 Å². The molecule has 0 fully saturated rings. The van der Waals surface area contributed by atoms with Gasteiger partial charge in [-0.1, -0.05) is 226 Å². The molecule has 0 N–H and O–H groups in total. The quantitative estimate of drug-likeness (QED) is 0.133. The van der Waals surface area contributed by atoms with Gasteiger partial charge in [0.15, 0.2) is 17.5 Å². The largest absolute Gasteiger partial charge is 0.264 e. The highest BCUT2D eigenvalue weighted by Crippen LogP contribution is 2.52. The maximum absolute atomic E-state index is 5.42. The maximum atomic E-state index is 5.42. The van der Waals surface area contributed by atoms with Gasteiger partial charge in [0.25, 0.3) is 0 Å². The van der Waals surface area contributed by atoms with Crippen LogP contribution in [0.15, 0.2) is 286 Å². The first-order chi connectivity index (χ1) is 44.9. The molecule has 7 nitrogen and oxygen atoms in total. The average Bonchev–Trinajstić information content (AvgIpc) is 0.715. The van der Waals surface area contributed by atoms with Gasteiger partial charge in [0.1, 0.15) is 5.69 Å². The minimum atomic E-state index is -0.246. The molecule has 0 saturated heterocycles. The Hall–Kier alpha value is -11.9. The number of hydrogen-bond donors (Lipinski definition) is 0. The summed E-state index contributed by atoms with van der Waals surface area (Å²) in [5.74, 6) is 1.64. The van der Waals surface area contributed by atoms with Crippen molar-refractivity contribution in [3.63, 3.8) is 0 Å². The molecule has 0 radical (unpaired) electrons. The topological polar surface area (TPSA) is 90.2 Å². The molecular weight excluding hydrogens is 1110 g/mol. The normalized spacial score (nSPS) is 12.6. The summed E-state index contributed by atoms with van der Waals surface area (Å²) < 4.78 is 0. The zero-order valence-corrected chi connectivity index (χ0v) is 49.8. The highest BCUT2D eigenvalue weighted by Gasteiger charge is 2.34. The van der Waals surface area contributed by atoms with E-state index in [2.05, 4.69) is 249 Å². The highest BCUT2D eigenvalue weighted by atomic mass is 15.0. The van der Waals surface area contributed by atoms with Crippen molar-refractivity contribution < 1.29 is 0 Å². The van der Waals surface area contributed by atoms with E-state index in [0.29, 0.717) is 23.2 Å². The molecule has 0 amide bonds. The summed E-state index contributed by atoms with van der Waals surface area (Å²) in [6.07, 6.45) is 9.54. The Morgan fingerprint density at radius 2 is 0.725 bits per heavy atom. The van der Waals surface area contributed by atoms with E-state index in [9.17, 15) is 0 Å². The molecule has 18 rings (SSSR count). The highest BCUT2D eigenvalue weighted by molar-refractivity contribution is 6.27. The Labute approximate surface area is 524 Å². The number of nitrogens with zero attached hydrogens (tertiary/aromatic N) is 7. The molecule has 1 aliphatic rings. The summed E-state index contributed by atoms with van der Waals surface area (Å²) in [4.78, 5) is 35.7. The molecule has 17 aromatic rings. The van der Waals surface area contributed by atoms with Crippen molar-refractivity contribution in [1.82, 2.24) is 34.9 Å². The first-order valence-electron chi connectivity index (χ1n) is 30.9. The van der Waals surface area contributed by atoms with E-state index in [1.165, 1.54) is 48.8 Å². The summed E-state index contributed by atoms with van der Waals surface area (Å²) in [5, 5.41) is 16.4. The summed E-state index contributed by atoms with van der Waals surface area (Å²) in [6, 6.07) is 91.3. The first-order valence-corrected chi connectivity index (χ1v) is 30.9. The molecule has 12 aromatic carbocycles. The van der Waals surface area contributed by atoms with Crippen LogP contribution < -0.4 is 0 Å². The van der Waals surface area contributed by atoms with E-state index >= 15 is 0 Å². The maximum Gasteiger partial charge on any atom is 0.182 e. The number of pyridine rings is 4. The van der Waals surface area contributed by atoms with Gasteiger partial charge in [-0.3, -0.25) is 19.9 Å². The third-order valence-corrected chi connectivity index (χ3v) is 19.0. The van der Waals surface area contributed by atoms with Crippen LogP contribution in [0.5, 0.6) is 0 Å². The fourth-order valence-electron chi connectivity index (χ4n) is 14.4. The van der Waals surface area contributed by atoms with Crippen LogP contribution in [0.25, 0.3) is 177 Å². The van der Waals surface area contributed by atoms with Crippen molar-refractivity contribution >= 4 is 75.4 Å². The molecule has 424 valence electrons. The van der Waals surface area contributed by atoms with Gasteiger partial charge < -0.3 is 0 Å². The Bertz CT molecular complexity index is 5830. The van der Waals surface area contributed by atoms with Gasteiger partial charge in [0.2, 0.25) is 0 Å². The minimum absolute atomic E-state index is 0.246. The monoisotopic (exact) mass is 1160 g/mol. The predicted octanol–water partition coefficient (Wildman–Crippen LogP) is 21.2. The standard InChI is InChI=1S/C84H53N7/c1-84(2)73-37-35-66(75-39-30-56(47-86-75)50-15-4-3-5-16-50)68-33-28-51-29-34-69-67(36-38-74(84)80(69)78(51)79(68)73)76-40-32-58(49-87-76)61-21-9-8-19-59(61)53-26-27-54-45-72(65-25-13-11-23-63(65)70(54)43-53)82-89-81(71-44-52-17-6-7-20-60(52)62-22-10-12-24-64(62)71)90-83(91-82)77-41-31-57(48-88-77)55-18-14-42-85-46-55/h3-49H,1-2H3. The van der Waals surface area contributed by atoms with Crippen molar-refractivity contribution in [1.29, 1.82) is 0 Å². The van der Waals surface area contributed by atoms with Crippen molar-refractivity contribution in [3.8, 4) is 101 Å². The third-order valence-electron chi connectivity index (χ3n) is 19.0. The molecule has 1 aliphatic carbocycles. The second kappa shape index (κ2) is 20.6. The Morgan fingerprint density at radius 1 is 0.253 bits per heavy atom. The van der Waals surface area contributed by atoms with E-state index in [0.717, 1.165) is 116 Å². The number of aromatic nitrogens is 7. The summed E-state index contributed by atoms with van der Waals surface area (Å²) in [6.45, 7) is 4.75. The van der Waals surface area contributed by atoms with E-state index < -0.39 is 0 Å². The minimum Gasteiger partial charge on any atom is -0.264 e. The zero-order valence-electron chi connectivity index (χ0n) is 49.8. The number of fused-ring (bicyclic) bond motifs is 6. The SMILES string of the molecule is CC1(C)c2ccc(-c3ccc(-c4ccccc4)cn3)c3ccc4ccc5c(-c6ccc(-c7ccccc7-c7ccc8cc(-c9nc(-c%10ccc(-c%11cccnc%11)cn%10)nc(-c%10cc%11ccccc%11c%11ccccc%10%11)n9)c9ccccc9c8c7)cn6)ccc1c5c4c23. The zero-order chi connectivity index (χ0) is 60.3. The van der Waals surface area contributed by atoms with Gasteiger partial charge in [0, 0.05) is 80.9 Å². The third kappa shape index (κ3) is 8.46. The van der Waals surface area contributed by atoms with Gasteiger partial charge in [-0.2, -0.15) is 0 Å². The van der Waals surface area contributed by atoms with E-state index in [1.54, 1.807) is 6.20 Å². The lowest BCUT2D eigenvalue weighted by Gasteiger charge is -2.35.